The zero-order chi connectivity index (χ0) is 19.3. The summed E-state index contributed by atoms with van der Waals surface area (Å²) in [7, 11) is -3.40. The summed E-state index contributed by atoms with van der Waals surface area (Å²) < 4.78 is 25.6. The van der Waals surface area contributed by atoms with Crippen LogP contribution < -0.4 is 10.2 Å². The predicted octanol–water partition coefficient (Wildman–Crippen LogP) is 2.98. The Morgan fingerprint density at radius 2 is 1.81 bits per heavy atom. The van der Waals surface area contributed by atoms with E-state index in [1.807, 2.05) is 25.1 Å². The summed E-state index contributed by atoms with van der Waals surface area (Å²) in [6, 6.07) is 5.87. The summed E-state index contributed by atoms with van der Waals surface area (Å²) in [5.41, 5.74) is 2.81. The van der Waals surface area contributed by atoms with E-state index < -0.39 is 10.0 Å². The Kier molecular flexibility index (Phi) is 7.06. The number of amides is 1. The molecular formula is C19H31N3O3S. The molecule has 0 bridgehead atoms. The van der Waals surface area contributed by atoms with Gasteiger partial charge >= 0.3 is 0 Å². The third-order valence-corrected chi connectivity index (χ3v) is 6.35. The highest BCUT2D eigenvalue weighted by molar-refractivity contribution is 7.88. The number of sulfonamides is 1. The van der Waals surface area contributed by atoms with Crippen LogP contribution in [0, 0.1) is 6.92 Å². The molecule has 1 aliphatic rings. The highest BCUT2D eigenvalue weighted by Crippen LogP contribution is 2.26. The number of aryl methyl sites for hydroxylation is 1. The summed E-state index contributed by atoms with van der Waals surface area (Å²) in [6.07, 6.45) is 4.88. The van der Waals surface area contributed by atoms with Crippen LogP contribution in [0.25, 0.3) is 0 Å². The van der Waals surface area contributed by atoms with Crippen molar-refractivity contribution in [1.29, 1.82) is 0 Å². The molecule has 0 heterocycles. The van der Waals surface area contributed by atoms with Crippen molar-refractivity contribution < 1.29 is 13.2 Å². The second-order valence-electron chi connectivity index (χ2n) is 6.97. The highest BCUT2D eigenvalue weighted by Gasteiger charge is 2.30. The third kappa shape index (κ3) is 5.20. The van der Waals surface area contributed by atoms with Gasteiger partial charge in [-0.15, -0.1) is 0 Å². The standard InChI is InChI=1S/C19H31N3O3S/c1-5-21(6-2)17-11-12-18(15(3)13-17)20-19(23)14-22(26(4,24)25)16-9-7-8-10-16/h11-13,16H,5-10,14H2,1-4H3,(H,20,23). The first-order chi connectivity index (χ1) is 12.3. The summed E-state index contributed by atoms with van der Waals surface area (Å²) in [4.78, 5) is 14.7. The van der Waals surface area contributed by atoms with E-state index in [0.717, 1.165) is 55.7 Å². The Balaban J connectivity index is 2.08. The van der Waals surface area contributed by atoms with Crippen LogP contribution in [-0.2, 0) is 14.8 Å². The minimum Gasteiger partial charge on any atom is -0.372 e. The summed E-state index contributed by atoms with van der Waals surface area (Å²) >= 11 is 0. The number of carbonyl (C=O) groups excluding carboxylic acids is 1. The minimum atomic E-state index is -3.40. The molecule has 0 unspecified atom stereocenters. The number of hydrogen-bond donors (Lipinski definition) is 1. The van der Waals surface area contributed by atoms with E-state index in [0.29, 0.717) is 0 Å². The van der Waals surface area contributed by atoms with Gasteiger partial charge in [0.2, 0.25) is 15.9 Å². The number of benzene rings is 1. The fourth-order valence-corrected chi connectivity index (χ4v) is 4.72. The van der Waals surface area contributed by atoms with E-state index in [-0.39, 0.29) is 18.5 Å². The summed E-state index contributed by atoms with van der Waals surface area (Å²) in [5, 5.41) is 2.87. The fraction of sp³-hybridized carbons (Fsp3) is 0.632. The van der Waals surface area contributed by atoms with E-state index in [4.69, 9.17) is 0 Å². The monoisotopic (exact) mass is 381 g/mol. The van der Waals surface area contributed by atoms with Crippen molar-refractivity contribution in [2.45, 2.75) is 52.5 Å². The molecular weight excluding hydrogens is 350 g/mol. The number of nitrogens with one attached hydrogen (secondary N) is 1. The Bertz CT molecular complexity index is 724. The van der Waals surface area contributed by atoms with Gasteiger partial charge in [0, 0.05) is 30.5 Å². The van der Waals surface area contributed by atoms with Gasteiger partial charge < -0.3 is 10.2 Å². The average molecular weight is 382 g/mol. The lowest BCUT2D eigenvalue weighted by Gasteiger charge is -2.26. The molecule has 0 aliphatic heterocycles. The largest absolute Gasteiger partial charge is 0.372 e. The van der Waals surface area contributed by atoms with Crippen molar-refractivity contribution in [2.24, 2.45) is 0 Å². The van der Waals surface area contributed by atoms with Crippen molar-refractivity contribution in [3.05, 3.63) is 23.8 Å². The SMILES string of the molecule is CCN(CC)c1ccc(NC(=O)CN(C2CCCC2)S(C)(=O)=O)c(C)c1. The zero-order valence-corrected chi connectivity index (χ0v) is 17.1. The van der Waals surface area contributed by atoms with Crippen LogP contribution in [0.2, 0.25) is 0 Å². The van der Waals surface area contributed by atoms with Crippen LogP contribution in [0.15, 0.2) is 18.2 Å². The molecule has 0 aromatic heterocycles. The molecule has 1 N–H and O–H groups in total. The number of hydrogen-bond acceptors (Lipinski definition) is 4. The van der Waals surface area contributed by atoms with Crippen molar-refractivity contribution in [1.82, 2.24) is 4.31 Å². The number of nitrogens with zero attached hydrogens (tertiary/aromatic N) is 2. The molecule has 1 saturated carbocycles. The molecule has 1 aliphatic carbocycles. The molecule has 1 aromatic rings. The zero-order valence-electron chi connectivity index (χ0n) is 16.3. The van der Waals surface area contributed by atoms with Crippen molar-refractivity contribution >= 4 is 27.3 Å². The first kappa shape index (κ1) is 20.7. The Morgan fingerprint density at radius 1 is 1.19 bits per heavy atom. The van der Waals surface area contributed by atoms with Gasteiger partial charge in [-0.2, -0.15) is 4.31 Å². The van der Waals surface area contributed by atoms with Gasteiger partial charge in [-0.25, -0.2) is 8.42 Å². The van der Waals surface area contributed by atoms with Crippen LogP contribution in [0.3, 0.4) is 0 Å². The summed E-state index contributed by atoms with van der Waals surface area (Å²) in [5.74, 6) is -0.291. The molecule has 0 atom stereocenters. The van der Waals surface area contributed by atoms with Crippen LogP contribution >= 0.6 is 0 Å². The van der Waals surface area contributed by atoms with E-state index in [1.54, 1.807) is 0 Å². The van der Waals surface area contributed by atoms with E-state index >= 15 is 0 Å². The second kappa shape index (κ2) is 8.86. The van der Waals surface area contributed by atoms with Crippen molar-refractivity contribution in [2.75, 3.05) is 36.1 Å². The van der Waals surface area contributed by atoms with Gasteiger partial charge in [-0.3, -0.25) is 4.79 Å². The van der Waals surface area contributed by atoms with Crippen molar-refractivity contribution in [3.63, 3.8) is 0 Å². The normalized spacial score (nSPS) is 15.4. The van der Waals surface area contributed by atoms with Gasteiger partial charge in [0.1, 0.15) is 0 Å². The average Bonchev–Trinajstić information content (AvgIpc) is 3.09. The molecule has 1 fully saturated rings. The summed E-state index contributed by atoms with van der Waals surface area (Å²) in [6.45, 7) is 7.89. The first-order valence-corrected chi connectivity index (χ1v) is 11.2. The molecule has 6 nitrogen and oxygen atoms in total. The molecule has 146 valence electrons. The fourth-order valence-electron chi connectivity index (χ4n) is 3.61. The third-order valence-electron chi connectivity index (χ3n) is 5.07. The maximum Gasteiger partial charge on any atom is 0.239 e. The van der Waals surface area contributed by atoms with Gasteiger partial charge in [0.25, 0.3) is 0 Å². The number of anilines is 2. The Hall–Kier alpha value is -1.60. The van der Waals surface area contributed by atoms with E-state index in [1.165, 1.54) is 10.6 Å². The van der Waals surface area contributed by atoms with Crippen LogP contribution in [0.5, 0.6) is 0 Å². The smallest absolute Gasteiger partial charge is 0.239 e. The predicted molar refractivity (Wildman–Crippen MR) is 107 cm³/mol. The second-order valence-corrected chi connectivity index (χ2v) is 8.90. The lowest BCUT2D eigenvalue weighted by atomic mass is 10.1. The lowest BCUT2D eigenvalue weighted by molar-refractivity contribution is -0.116. The van der Waals surface area contributed by atoms with Gasteiger partial charge in [-0.05, 0) is 57.4 Å². The Labute approximate surface area is 157 Å². The molecule has 1 aromatic carbocycles. The quantitative estimate of drug-likeness (QED) is 0.752. The lowest BCUT2D eigenvalue weighted by Crippen LogP contribution is -2.43. The molecule has 0 saturated heterocycles. The Morgan fingerprint density at radius 3 is 2.31 bits per heavy atom. The maximum absolute atomic E-state index is 12.5. The molecule has 0 spiro atoms. The van der Waals surface area contributed by atoms with Crippen LogP contribution in [-0.4, -0.2) is 50.6 Å². The topological polar surface area (TPSA) is 69.7 Å². The molecule has 1 amide bonds. The van der Waals surface area contributed by atoms with Crippen LogP contribution in [0.1, 0.15) is 45.1 Å². The van der Waals surface area contributed by atoms with Crippen LogP contribution in [0.4, 0.5) is 11.4 Å². The van der Waals surface area contributed by atoms with Gasteiger partial charge in [-0.1, -0.05) is 12.8 Å². The van der Waals surface area contributed by atoms with E-state index in [2.05, 4.69) is 24.1 Å². The first-order valence-electron chi connectivity index (χ1n) is 9.38. The van der Waals surface area contributed by atoms with Gasteiger partial charge in [0.05, 0.1) is 12.8 Å². The van der Waals surface area contributed by atoms with Crippen molar-refractivity contribution in [3.8, 4) is 0 Å². The number of rotatable bonds is 8. The molecule has 2 rings (SSSR count). The molecule has 0 radical (unpaired) electrons. The maximum atomic E-state index is 12.5. The minimum absolute atomic E-state index is 0.0538. The number of carbonyl (C=O) groups is 1. The highest BCUT2D eigenvalue weighted by atomic mass is 32.2. The van der Waals surface area contributed by atoms with E-state index in [9.17, 15) is 13.2 Å². The van der Waals surface area contributed by atoms with Gasteiger partial charge in [0.15, 0.2) is 0 Å². The molecule has 26 heavy (non-hydrogen) atoms. The molecule has 7 heteroatoms.